The van der Waals surface area contributed by atoms with Gasteiger partial charge in [-0.3, -0.25) is 0 Å². The fraction of sp³-hybridized carbons (Fsp3) is 0.500. The lowest BCUT2D eigenvalue weighted by Crippen LogP contribution is -2.28. The van der Waals surface area contributed by atoms with Crippen LogP contribution >= 0.6 is 0 Å². The molecule has 0 fully saturated rings. The molecule has 0 radical (unpaired) electrons. The molecule has 0 aliphatic rings. The van der Waals surface area contributed by atoms with Gasteiger partial charge < -0.3 is 10.2 Å². The summed E-state index contributed by atoms with van der Waals surface area (Å²) in [6, 6.07) is 6.91. The summed E-state index contributed by atoms with van der Waals surface area (Å²) < 4.78 is 12.7. The minimum absolute atomic E-state index is 0.181. The first-order valence-corrected chi connectivity index (χ1v) is 5.23. The SMILES string of the molecule is C[C@H](NCCN(C)C)c1ccc(F)cc1. The van der Waals surface area contributed by atoms with E-state index in [1.165, 1.54) is 12.1 Å². The molecule has 0 aromatic heterocycles. The number of hydrogen-bond donors (Lipinski definition) is 1. The van der Waals surface area contributed by atoms with E-state index in [4.69, 9.17) is 0 Å². The van der Waals surface area contributed by atoms with Gasteiger partial charge in [0.15, 0.2) is 0 Å². The highest BCUT2D eigenvalue weighted by Crippen LogP contribution is 2.12. The van der Waals surface area contributed by atoms with Crippen molar-refractivity contribution in [1.82, 2.24) is 10.2 Å². The average Bonchev–Trinajstić information content (AvgIpc) is 2.18. The summed E-state index contributed by atoms with van der Waals surface area (Å²) in [4.78, 5) is 2.13. The van der Waals surface area contributed by atoms with E-state index in [2.05, 4.69) is 17.1 Å². The lowest BCUT2D eigenvalue weighted by Gasteiger charge is -2.16. The Bertz CT molecular complexity index is 282. The van der Waals surface area contributed by atoms with Crippen molar-refractivity contribution in [2.24, 2.45) is 0 Å². The molecule has 1 aromatic rings. The monoisotopic (exact) mass is 210 g/mol. The van der Waals surface area contributed by atoms with Crippen LogP contribution in [0.5, 0.6) is 0 Å². The van der Waals surface area contributed by atoms with Gasteiger partial charge in [0.25, 0.3) is 0 Å². The number of likely N-dealkylation sites (N-methyl/N-ethyl adjacent to an activating group) is 1. The molecule has 3 heteroatoms. The molecule has 84 valence electrons. The van der Waals surface area contributed by atoms with E-state index < -0.39 is 0 Å². The Labute approximate surface area is 91.1 Å². The second-order valence-corrected chi connectivity index (χ2v) is 4.03. The van der Waals surface area contributed by atoms with Gasteiger partial charge in [-0.15, -0.1) is 0 Å². The van der Waals surface area contributed by atoms with Crippen LogP contribution in [0, 0.1) is 5.82 Å². The zero-order valence-electron chi connectivity index (χ0n) is 9.63. The van der Waals surface area contributed by atoms with Crippen LogP contribution in [-0.2, 0) is 0 Å². The number of halogens is 1. The standard InChI is InChI=1S/C12H19FN2/c1-10(14-8-9-15(2)3)11-4-6-12(13)7-5-11/h4-7,10,14H,8-9H2,1-3H3/t10-/m0/s1. The second kappa shape index (κ2) is 5.83. The van der Waals surface area contributed by atoms with Crippen LogP contribution in [0.4, 0.5) is 4.39 Å². The van der Waals surface area contributed by atoms with Gasteiger partial charge in [0.1, 0.15) is 5.82 Å². The lowest BCUT2D eigenvalue weighted by atomic mass is 10.1. The highest BCUT2D eigenvalue weighted by atomic mass is 19.1. The molecule has 1 aromatic carbocycles. The second-order valence-electron chi connectivity index (χ2n) is 4.03. The Morgan fingerprint density at radius 3 is 2.40 bits per heavy atom. The number of nitrogens with one attached hydrogen (secondary N) is 1. The molecule has 0 saturated heterocycles. The quantitative estimate of drug-likeness (QED) is 0.800. The van der Waals surface area contributed by atoms with E-state index in [0.717, 1.165) is 18.7 Å². The molecule has 0 amide bonds. The van der Waals surface area contributed by atoms with Gasteiger partial charge in [-0.05, 0) is 38.7 Å². The highest BCUT2D eigenvalue weighted by molar-refractivity contribution is 5.19. The third kappa shape index (κ3) is 4.40. The van der Waals surface area contributed by atoms with Crippen LogP contribution < -0.4 is 5.32 Å². The Morgan fingerprint density at radius 1 is 1.27 bits per heavy atom. The number of benzene rings is 1. The first kappa shape index (κ1) is 12.1. The molecule has 0 aliphatic carbocycles. The van der Waals surface area contributed by atoms with Crippen LogP contribution in [0.2, 0.25) is 0 Å². The summed E-state index contributed by atoms with van der Waals surface area (Å²) in [5.74, 6) is -0.181. The smallest absolute Gasteiger partial charge is 0.123 e. The molecular formula is C12H19FN2. The molecule has 0 heterocycles. The maximum Gasteiger partial charge on any atom is 0.123 e. The van der Waals surface area contributed by atoms with E-state index in [1.807, 2.05) is 26.2 Å². The van der Waals surface area contributed by atoms with Crippen molar-refractivity contribution in [3.8, 4) is 0 Å². The summed E-state index contributed by atoms with van der Waals surface area (Å²) in [6.07, 6.45) is 0. The van der Waals surface area contributed by atoms with Crippen molar-refractivity contribution >= 4 is 0 Å². The summed E-state index contributed by atoms with van der Waals surface area (Å²) in [5.41, 5.74) is 1.12. The van der Waals surface area contributed by atoms with Crippen LogP contribution in [0.3, 0.4) is 0 Å². The zero-order chi connectivity index (χ0) is 11.3. The Morgan fingerprint density at radius 2 is 1.87 bits per heavy atom. The molecule has 0 aliphatic heterocycles. The molecular weight excluding hydrogens is 191 g/mol. The van der Waals surface area contributed by atoms with Crippen LogP contribution in [0.15, 0.2) is 24.3 Å². The van der Waals surface area contributed by atoms with Crippen LogP contribution in [0.25, 0.3) is 0 Å². The maximum absolute atomic E-state index is 12.7. The predicted octanol–water partition coefficient (Wildman–Crippen LogP) is 2.04. The normalized spacial score (nSPS) is 13.1. The third-order valence-electron chi connectivity index (χ3n) is 2.38. The maximum atomic E-state index is 12.7. The summed E-state index contributed by atoms with van der Waals surface area (Å²) in [6.45, 7) is 4.03. The van der Waals surface area contributed by atoms with Gasteiger partial charge in [0, 0.05) is 19.1 Å². The fourth-order valence-electron chi connectivity index (χ4n) is 1.37. The zero-order valence-corrected chi connectivity index (χ0v) is 9.63. The molecule has 0 unspecified atom stereocenters. The Kier molecular flexibility index (Phi) is 4.72. The van der Waals surface area contributed by atoms with E-state index in [-0.39, 0.29) is 11.9 Å². The van der Waals surface area contributed by atoms with Gasteiger partial charge in [-0.2, -0.15) is 0 Å². The highest BCUT2D eigenvalue weighted by Gasteiger charge is 2.03. The molecule has 0 bridgehead atoms. The Balaban J connectivity index is 2.40. The summed E-state index contributed by atoms with van der Waals surface area (Å²) in [5, 5.41) is 3.39. The molecule has 0 spiro atoms. The fourth-order valence-corrected chi connectivity index (χ4v) is 1.37. The van der Waals surface area contributed by atoms with Gasteiger partial charge in [0.2, 0.25) is 0 Å². The van der Waals surface area contributed by atoms with Gasteiger partial charge >= 0.3 is 0 Å². The summed E-state index contributed by atoms with van der Waals surface area (Å²) in [7, 11) is 4.09. The van der Waals surface area contributed by atoms with E-state index in [1.54, 1.807) is 0 Å². The van der Waals surface area contributed by atoms with Gasteiger partial charge in [-0.25, -0.2) is 4.39 Å². The van der Waals surface area contributed by atoms with Crippen molar-refractivity contribution < 1.29 is 4.39 Å². The van der Waals surface area contributed by atoms with Crippen LogP contribution in [-0.4, -0.2) is 32.1 Å². The van der Waals surface area contributed by atoms with Crippen molar-refractivity contribution in [2.75, 3.05) is 27.2 Å². The molecule has 1 N–H and O–H groups in total. The third-order valence-corrected chi connectivity index (χ3v) is 2.38. The minimum Gasteiger partial charge on any atom is -0.309 e. The lowest BCUT2D eigenvalue weighted by molar-refractivity contribution is 0.389. The molecule has 1 rings (SSSR count). The van der Waals surface area contributed by atoms with E-state index in [9.17, 15) is 4.39 Å². The molecule has 2 nitrogen and oxygen atoms in total. The van der Waals surface area contributed by atoms with Crippen molar-refractivity contribution in [2.45, 2.75) is 13.0 Å². The number of hydrogen-bond acceptors (Lipinski definition) is 2. The molecule has 0 saturated carbocycles. The van der Waals surface area contributed by atoms with Crippen molar-refractivity contribution in [3.63, 3.8) is 0 Å². The number of nitrogens with zero attached hydrogens (tertiary/aromatic N) is 1. The van der Waals surface area contributed by atoms with Gasteiger partial charge in [-0.1, -0.05) is 12.1 Å². The first-order chi connectivity index (χ1) is 7.09. The van der Waals surface area contributed by atoms with E-state index >= 15 is 0 Å². The predicted molar refractivity (Wildman–Crippen MR) is 61.4 cm³/mol. The largest absolute Gasteiger partial charge is 0.309 e. The van der Waals surface area contributed by atoms with Crippen molar-refractivity contribution in [1.29, 1.82) is 0 Å². The minimum atomic E-state index is -0.181. The number of rotatable bonds is 5. The van der Waals surface area contributed by atoms with Crippen LogP contribution in [0.1, 0.15) is 18.5 Å². The Hall–Kier alpha value is -0.930. The van der Waals surface area contributed by atoms with Gasteiger partial charge in [0.05, 0.1) is 0 Å². The molecule has 15 heavy (non-hydrogen) atoms. The molecule has 1 atom stereocenters. The van der Waals surface area contributed by atoms with Crippen molar-refractivity contribution in [3.05, 3.63) is 35.6 Å². The summed E-state index contributed by atoms with van der Waals surface area (Å²) >= 11 is 0. The van der Waals surface area contributed by atoms with E-state index in [0.29, 0.717) is 0 Å². The topological polar surface area (TPSA) is 15.3 Å². The first-order valence-electron chi connectivity index (χ1n) is 5.23. The average molecular weight is 210 g/mol.